The van der Waals surface area contributed by atoms with E-state index >= 15 is 0 Å². The molecule has 0 spiro atoms. The zero-order valence-electron chi connectivity index (χ0n) is 11.5. The highest BCUT2D eigenvalue weighted by Crippen LogP contribution is 2.30. The Morgan fingerprint density at radius 2 is 2.40 bits per heavy atom. The normalized spacial score (nSPS) is 21.4. The lowest BCUT2D eigenvalue weighted by Gasteiger charge is -2.24. The Hall–Kier alpha value is -1.73. The molecular weight excluding hydrogens is 258 g/mol. The third-order valence-corrected chi connectivity index (χ3v) is 3.61. The Kier molecular flexibility index (Phi) is 3.79. The molecule has 1 N–H and O–H groups in total. The van der Waals surface area contributed by atoms with Crippen LogP contribution in [0.1, 0.15) is 30.6 Å². The maximum atomic E-state index is 10.2. The lowest BCUT2D eigenvalue weighted by Crippen LogP contribution is -2.34. The van der Waals surface area contributed by atoms with Crippen LogP contribution in [-0.2, 0) is 6.54 Å². The van der Waals surface area contributed by atoms with Gasteiger partial charge in [-0.2, -0.15) is 10.1 Å². The van der Waals surface area contributed by atoms with Crippen molar-refractivity contribution in [3.63, 3.8) is 0 Å². The molecule has 2 atom stereocenters. The first-order valence-electron chi connectivity index (χ1n) is 6.92. The Morgan fingerprint density at radius 3 is 3.10 bits per heavy atom. The lowest BCUT2D eigenvalue weighted by atomic mass is 10.2. The van der Waals surface area contributed by atoms with Crippen molar-refractivity contribution < 1.29 is 9.63 Å². The molecule has 0 radical (unpaired) electrons. The third-order valence-electron chi connectivity index (χ3n) is 3.61. The highest BCUT2D eigenvalue weighted by Gasteiger charge is 2.30. The van der Waals surface area contributed by atoms with E-state index in [2.05, 4.69) is 20.1 Å². The van der Waals surface area contributed by atoms with Gasteiger partial charge in [0.2, 0.25) is 5.89 Å². The molecule has 1 fully saturated rings. The molecule has 3 rings (SSSR count). The predicted molar refractivity (Wildman–Crippen MR) is 70.8 cm³/mol. The fourth-order valence-electron chi connectivity index (χ4n) is 2.74. The summed E-state index contributed by atoms with van der Waals surface area (Å²) in [6.45, 7) is 3.84. The van der Waals surface area contributed by atoms with Crippen LogP contribution in [0.25, 0.3) is 0 Å². The zero-order valence-corrected chi connectivity index (χ0v) is 11.5. The summed E-state index contributed by atoms with van der Waals surface area (Å²) in [7, 11) is 0. The standard InChI is InChI=1S/C13H19N5O2/c1-10-15-13(16-20-10)12-4-2-6-17(12)8-11(19)9-18-7-3-5-14-18/h3,5,7,11-12,19H,2,4,6,8-9H2,1H3/t11-,12-/m0/s1. The van der Waals surface area contributed by atoms with E-state index in [-0.39, 0.29) is 6.04 Å². The van der Waals surface area contributed by atoms with Gasteiger partial charge in [0.05, 0.1) is 18.7 Å². The summed E-state index contributed by atoms with van der Waals surface area (Å²) in [4.78, 5) is 6.53. The van der Waals surface area contributed by atoms with E-state index in [1.165, 1.54) is 0 Å². The molecule has 7 heteroatoms. The van der Waals surface area contributed by atoms with Crippen LogP contribution in [0.15, 0.2) is 23.0 Å². The summed E-state index contributed by atoms with van der Waals surface area (Å²) < 4.78 is 6.80. The van der Waals surface area contributed by atoms with Gasteiger partial charge < -0.3 is 9.63 Å². The van der Waals surface area contributed by atoms with Crippen LogP contribution in [0.4, 0.5) is 0 Å². The average Bonchev–Trinajstić information content (AvgIpc) is 3.11. The smallest absolute Gasteiger partial charge is 0.223 e. The van der Waals surface area contributed by atoms with Crippen LogP contribution < -0.4 is 0 Å². The quantitative estimate of drug-likeness (QED) is 0.869. The molecule has 20 heavy (non-hydrogen) atoms. The zero-order chi connectivity index (χ0) is 13.9. The second-order valence-corrected chi connectivity index (χ2v) is 5.21. The minimum absolute atomic E-state index is 0.153. The molecule has 1 aliphatic rings. The predicted octanol–water partition coefficient (Wildman–Crippen LogP) is 0.773. The number of likely N-dealkylation sites (tertiary alicyclic amines) is 1. The van der Waals surface area contributed by atoms with Crippen molar-refractivity contribution in [3.05, 3.63) is 30.2 Å². The average molecular weight is 277 g/mol. The van der Waals surface area contributed by atoms with Gasteiger partial charge >= 0.3 is 0 Å². The van der Waals surface area contributed by atoms with Gasteiger partial charge in [-0.05, 0) is 25.5 Å². The lowest BCUT2D eigenvalue weighted by molar-refractivity contribution is 0.0869. The Bertz CT molecular complexity index is 539. The van der Waals surface area contributed by atoms with E-state index < -0.39 is 6.10 Å². The molecule has 2 aromatic rings. The minimum atomic E-state index is -0.455. The van der Waals surface area contributed by atoms with Gasteiger partial charge in [0, 0.05) is 25.9 Å². The van der Waals surface area contributed by atoms with Gasteiger partial charge in [-0.25, -0.2) is 0 Å². The summed E-state index contributed by atoms with van der Waals surface area (Å²) >= 11 is 0. The van der Waals surface area contributed by atoms with E-state index in [4.69, 9.17) is 4.52 Å². The summed E-state index contributed by atoms with van der Waals surface area (Å²) in [6.07, 6.45) is 5.21. The SMILES string of the molecule is Cc1nc([C@@H]2CCCN2C[C@H](O)Cn2cccn2)no1. The Labute approximate surface area is 117 Å². The van der Waals surface area contributed by atoms with Crippen LogP contribution in [0.5, 0.6) is 0 Å². The molecule has 3 heterocycles. The number of aliphatic hydroxyl groups is 1. The van der Waals surface area contributed by atoms with Crippen molar-refractivity contribution >= 4 is 0 Å². The number of aromatic nitrogens is 4. The maximum absolute atomic E-state index is 10.2. The Balaban J connectivity index is 1.61. The van der Waals surface area contributed by atoms with Crippen LogP contribution in [0.3, 0.4) is 0 Å². The first-order chi connectivity index (χ1) is 9.72. The summed E-state index contributed by atoms with van der Waals surface area (Å²) in [5.41, 5.74) is 0. The number of β-amino-alcohol motifs (C(OH)–C–C–N with tert-alkyl or cyclic N) is 1. The van der Waals surface area contributed by atoms with Crippen LogP contribution in [0.2, 0.25) is 0 Å². The highest BCUT2D eigenvalue weighted by atomic mass is 16.5. The fraction of sp³-hybridized carbons (Fsp3) is 0.615. The van der Waals surface area contributed by atoms with Crippen molar-refractivity contribution in [2.45, 2.75) is 38.5 Å². The third kappa shape index (κ3) is 2.88. The number of aryl methyl sites for hydroxylation is 1. The van der Waals surface area contributed by atoms with Crippen molar-refractivity contribution in [2.75, 3.05) is 13.1 Å². The number of nitrogens with zero attached hydrogens (tertiary/aromatic N) is 5. The number of rotatable bonds is 5. The molecule has 2 aromatic heterocycles. The molecule has 0 bridgehead atoms. The van der Waals surface area contributed by atoms with Gasteiger partial charge in [0.25, 0.3) is 0 Å². The molecule has 0 aromatic carbocycles. The van der Waals surface area contributed by atoms with Crippen LogP contribution in [-0.4, -0.2) is 49.1 Å². The number of hydrogen-bond acceptors (Lipinski definition) is 6. The number of aliphatic hydroxyl groups excluding tert-OH is 1. The van der Waals surface area contributed by atoms with E-state index in [9.17, 15) is 5.11 Å². The molecular formula is C13H19N5O2. The first kappa shape index (κ1) is 13.3. The van der Waals surface area contributed by atoms with E-state index in [0.717, 1.165) is 25.2 Å². The van der Waals surface area contributed by atoms with E-state index in [1.807, 2.05) is 12.3 Å². The van der Waals surface area contributed by atoms with Crippen molar-refractivity contribution in [1.29, 1.82) is 0 Å². The van der Waals surface area contributed by atoms with Gasteiger partial charge in [-0.1, -0.05) is 5.16 Å². The molecule has 0 unspecified atom stereocenters. The van der Waals surface area contributed by atoms with E-state index in [1.54, 1.807) is 17.8 Å². The molecule has 1 aliphatic heterocycles. The van der Waals surface area contributed by atoms with Crippen molar-refractivity contribution in [3.8, 4) is 0 Å². The number of hydrogen-bond donors (Lipinski definition) is 1. The van der Waals surface area contributed by atoms with Crippen LogP contribution in [0, 0.1) is 6.92 Å². The van der Waals surface area contributed by atoms with Crippen molar-refractivity contribution in [2.24, 2.45) is 0 Å². The minimum Gasteiger partial charge on any atom is -0.390 e. The molecule has 0 amide bonds. The monoisotopic (exact) mass is 277 g/mol. The van der Waals surface area contributed by atoms with E-state index in [0.29, 0.717) is 19.0 Å². The second-order valence-electron chi connectivity index (χ2n) is 5.21. The topological polar surface area (TPSA) is 80.2 Å². The first-order valence-corrected chi connectivity index (χ1v) is 6.92. The second kappa shape index (κ2) is 5.72. The highest BCUT2D eigenvalue weighted by molar-refractivity contribution is 4.97. The Morgan fingerprint density at radius 1 is 1.50 bits per heavy atom. The summed E-state index contributed by atoms with van der Waals surface area (Å²) in [5.74, 6) is 1.32. The largest absolute Gasteiger partial charge is 0.390 e. The summed E-state index contributed by atoms with van der Waals surface area (Å²) in [6, 6.07) is 2.01. The van der Waals surface area contributed by atoms with Gasteiger partial charge in [-0.15, -0.1) is 0 Å². The molecule has 0 saturated carbocycles. The van der Waals surface area contributed by atoms with Crippen molar-refractivity contribution in [1.82, 2.24) is 24.8 Å². The molecule has 108 valence electrons. The van der Waals surface area contributed by atoms with Gasteiger partial charge in [0.1, 0.15) is 0 Å². The molecule has 0 aliphatic carbocycles. The molecule has 7 nitrogen and oxygen atoms in total. The van der Waals surface area contributed by atoms with Crippen LogP contribution >= 0.6 is 0 Å². The fourth-order valence-corrected chi connectivity index (χ4v) is 2.74. The molecule has 1 saturated heterocycles. The van der Waals surface area contributed by atoms with Gasteiger partial charge in [-0.3, -0.25) is 9.58 Å². The van der Waals surface area contributed by atoms with Gasteiger partial charge in [0.15, 0.2) is 5.82 Å². The maximum Gasteiger partial charge on any atom is 0.223 e. The summed E-state index contributed by atoms with van der Waals surface area (Å²) in [5, 5.41) is 18.3.